The van der Waals surface area contributed by atoms with Gasteiger partial charge >= 0.3 is 0 Å². The highest BCUT2D eigenvalue weighted by atomic mass is 32.1. The van der Waals surface area contributed by atoms with Crippen molar-refractivity contribution in [1.82, 2.24) is 4.90 Å². The molecule has 0 aromatic heterocycles. The first-order valence-electron chi connectivity index (χ1n) is 6.75. The Morgan fingerprint density at radius 3 is 2.68 bits per heavy atom. The first kappa shape index (κ1) is 14.0. The van der Waals surface area contributed by atoms with Crippen molar-refractivity contribution in [3.63, 3.8) is 0 Å². The van der Waals surface area contributed by atoms with Gasteiger partial charge < -0.3 is 10.6 Å². The van der Waals surface area contributed by atoms with Gasteiger partial charge in [-0.1, -0.05) is 42.5 Å². The van der Waals surface area contributed by atoms with E-state index in [4.69, 9.17) is 18.0 Å². The molecule has 1 aromatic carbocycles. The van der Waals surface area contributed by atoms with Crippen molar-refractivity contribution in [1.29, 1.82) is 0 Å². The molecule has 1 aromatic rings. The summed E-state index contributed by atoms with van der Waals surface area (Å²) in [7, 11) is 0. The van der Waals surface area contributed by atoms with Gasteiger partial charge in [-0.15, -0.1) is 0 Å². The minimum atomic E-state index is 0.147. The lowest BCUT2D eigenvalue weighted by molar-refractivity contribution is -0.132. The van der Waals surface area contributed by atoms with Crippen molar-refractivity contribution in [3.05, 3.63) is 35.9 Å². The van der Waals surface area contributed by atoms with Crippen LogP contribution in [0.1, 0.15) is 31.2 Å². The second-order valence-electron chi connectivity index (χ2n) is 4.99. The minimum absolute atomic E-state index is 0.147. The van der Waals surface area contributed by atoms with Crippen LogP contribution in [0.3, 0.4) is 0 Å². The van der Waals surface area contributed by atoms with E-state index in [2.05, 4.69) is 12.1 Å². The Kier molecular flexibility index (Phi) is 4.53. The molecular formula is C15H20N2OS. The molecule has 2 unspecified atom stereocenters. The third-order valence-corrected chi connectivity index (χ3v) is 3.86. The van der Waals surface area contributed by atoms with Crippen LogP contribution in [-0.4, -0.2) is 28.9 Å². The summed E-state index contributed by atoms with van der Waals surface area (Å²) in [5.41, 5.74) is 6.77. The summed E-state index contributed by atoms with van der Waals surface area (Å²) in [5.74, 6) is 0.786. The van der Waals surface area contributed by atoms with E-state index >= 15 is 0 Å². The van der Waals surface area contributed by atoms with Gasteiger partial charge in [-0.05, 0) is 24.8 Å². The Hall–Kier alpha value is -1.42. The predicted octanol–water partition coefficient (Wildman–Crippen LogP) is 2.31. The second kappa shape index (κ2) is 6.15. The second-order valence-corrected chi connectivity index (χ2v) is 5.52. The zero-order chi connectivity index (χ0) is 13.8. The number of carbonyl (C=O) groups excluding carboxylic acids is 1. The van der Waals surface area contributed by atoms with Crippen LogP contribution in [0.25, 0.3) is 0 Å². The topological polar surface area (TPSA) is 46.3 Å². The molecule has 19 heavy (non-hydrogen) atoms. The Labute approximate surface area is 119 Å². The summed E-state index contributed by atoms with van der Waals surface area (Å²) in [5, 5.41) is 0. The number of hydrogen-bond donors (Lipinski definition) is 1. The summed E-state index contributed by atoms with van der Waals surface area (Å²) in [4.78, 5) is 14.7. The molecule has 1 aliphatic rings. The lowest BCUT2D eigenvalue weighted by Gasteiger charge is -2.20. The van der Waals surface area contributed by atoms with Crippen LogP contribution < -0.4 is 5.73 Å². The smallest absolute Gasteiger partial charge is 0.226 e. The lowest BCUT2D eigenvalue weighted by atomic mass is 10.1. The van der Waals surface area contributed by atoms with Crippen LogP contribution in [0.4, 0.5) is 0 Å². The molecule has 0 radical (unpaired) electrons. The molecule has 1 fully saturated rings. The third kappa shape index (κ3) is 3.53. The monoisotopic (exact) mass is 276 g/mol. The molecule has 2 atom stereocenters. The largest absolute Gasteiger partial charge is 0.393 e. The van der Waals surface area contributed by atoms with Crippen molar-refractivity contribution >= 4 is 23.1 Å². The quantitative estimate of drug-likeness (QED) is 0.811. The number of amides is 1. The third-order valence-electron chi connectivity index (χ3n) is 3.66. The molecule has 0 saturated heterocycles. The normalized spacial score (nSPS) is 20.9. The molecule has 0 spiro atoms. The van der Waals surface area contributed by atoms with E-state index in [0.29, 0.717) is 23.9 Å². The van der Waals surface area contributed by atoms with Gasteiger partial charge in [-0.2, -0.15) is 0 Å². The Morgan fingerprint density at radius 1 is 1.42 bits per heavy atom. The maximum absolute atomic E-state index is 12.4. The molecule has 2 rings (SSSR count). The number of hydrogen-bond acceptors (Lipinski definition) is 2. The molecule has 4 heteroatoms. The van der Waals surface area contributed by atoms with Gasteiger partial charge in [0.05, 0.1) is 4.99 Å². The number of nitrogens with two attached hydrogens (primary N) is 1. The lowest BCUT2D eigenvalue weighted by Crippen LogP contribution is -2.34. The standard InChI is InChI=1S/C15H20N2OS/c1-2-17(9-8-14(16)19)15(18)13-10-12(13)11-6-4-3-5-7-11/h3-7,12-13H,2,8-10H2,1H3,(H2,16,19). The number of benzene rings is 1. The van der Waals surface area contributed by atoms with Crippen molar-refractivity contribution in [2.45, 2.75) is 25.7 Å². The number of carbonyl (C=O) groups is 1. The van der Waals surface area contributed by atoms with Crippen LogP contribution >= 0.6 is 12.2 Å². The summed E-state index contributed by atoms with van der Waals surface area (Å²) in [6.07, 6.45) is 1.57. The van der Waals surface area contributed by atoms with E-state index in [-0.39, 0.29) is 11.8 Å². The van der Waals surface area contributed by atoms with Crippen molar-refractivity contribution in [2.24, 2.45) is 11.7 Å². The maximum Gasteiger partial charge on any atom is 0.226 e. The van der Waals surface area contributed by atoms with Crippen LogP contribution in [0.2, 0.25) is 0 Å². The number of nitrogens with zero attached hydrogens (tertiary/aromatic N) is 1. The van der Waals surface area contributed by atoms with Gasteiger partial charge in [0.15, 0.2) is 0 Å². The van der Waals surface area contributed by atoms with E-state index in [1.54, 1.807) is 0 Å². The summed E-state index contributed by atoms with van der Waals surface area (Å²) < 4.78 is 0. The first-order valence-corrected chi connectivity index (χ1v) is 7.16. The zero-order valence-corrected chi connectivity index (χ0v) is 12.0. The van der Waals surface area contributed by atoms with Crippen molar-refractivity contribution < 1.29 is 4.79 Å². The van der Waals surface area contributed by atoms with Crippen LogP contribution in [0.5, 0.6) is 0 Å². The highest BCUT2D eigenvalue weighted by molar-refractivity contribution is 7.80. The van der Waals surface area contributed by atoms with Crippen LogP contribution in [0, 0.1) is 5.92 Å². The number of rotatable bonds is 6. The summed E-state index contributed by atoms with van der Waals surface area (Å²) in [6.45, 7) is 3.36. The SMILES string of the molecule is CCN(CCC(N)=S)C(=O)C1CC1c1ccccc1. The Morgan fingerprint density at radius 2 is 2.11 bits per heavy atom. The van der Waals surface area contributed by atoms with E-state index in [0.717, 1.165) is 13.0 Å². The molecule has 3 nitrogen and oxygen atoms in total. The van der Waals surface area contributed by atoms with Gasteiger partial charge in [0.1, 0.15) is 0 Å². The van der Waals surface area contributed by atoms with E-state index in [1.807, 2.05) is 30.0 Å². The molecule has 102 valence electrons. The highest BCUT2D eigenvalue weighted by Crippen LogP contribution is 2.48. The number of thiocarbonyl (C=S) groups is 1. The molecule has 0 heterocycles. The first-order chi connectivity index (χ1) is 9.13. The average molecular weight is 276 g/mol. The minimum Gasteiger partial charge on any atom is -0.393 e. The van der Waals surface area contributed by atoms with Gasteiger partial charge in [0, 0.05) is 25.4 Å². The van der Waals surface area contributed by atoms with E-state index in [9.17, 15) is 4.79 Å². The van der Waals surface area contributed by atoms with Gasteiger partial charge in [-0.25, -0.2) is 0 Å². The van der Waals surface area contributed by atoms with Gasteiger partial charge in [-0.3, -0.25) is 4.79 Å². The molecule has 0 aliphatic heterocycles. The van der Waals surface area contributed by atoms with Gasteiger partial charge in [0.25, 0.3) is 0 Å². The Balaban J connectivity index is 1.92. The molecule has 2 N–H and O–H groups in total. The average Bonchev–Trinajstić information content (AvgIpc) is 3.20. The molecule has 1 aliphatic carbocycles. The molecule has 1 saturated carbocycles. The Bertz CT molecular complexity index is 460. The predicted molar refractivity (Wildman–Crippen MR) is 80.9 cm³/mol. The summed E-state index contributed by atoms with van der Waals surface area (Å²) >= 11 is 4.87. The maximum atomic E-state index is 12.4. The van der Waals surface area contributed by atoms with Crippen molar-refractivity contribution in [3.8, 4) is 0 Å². The van der Waals surface area contributed by atoms with E-state index < -0.39 is 0 Å². The highest BCUT2D eigenvalue weighted by Gasteiger charge is 2.45. The van der Waals surface area contributed by atoms with Crippen LogP contribution in [0.15, 0.2) is 30.3 Å². The molecule has 0 bridgehead atoms. The zero-order valence-electron chi connectivity index (χ0n) is 11.2. The molecular weight excluding hydrogens is 256 g/mol. The van der Waals surface area contributed by atoms with Gasteiger partial charge in [0.2, 0.25) is 5.91 Å². The fourth-order valence-corrected chi connectivity index (χ4v) is 2.53. The van der Waals surface area contributed by atoms with Crippen molar-refractivity contribution in [2.75, 3.05) is 13.1 Å². The van der Waals surface area contributed by atoms with E-state index in [1.165, 1.54) is 5.56 Å². The fraction of sp³-hybridized carbons (Fsp3) is 0.467. The summed E-state index contributed by atoms with van der Waals surface area (Å²) in [6, 6.07) is 10.3. The fourth-order valence-electron chi connectivity index (χ4n) is 2.44. The molecule has 1 amide bonds. The van der Waals surface area contributed by atoms with Crippen LogP contribution in [-0.2, 0) is 4.79 Å².